The number of hydrogen-bond acceptors (Lipinski definition) is 1. The second-order valence-electron chi connectivity index (χ2n) is 4.51. The molecule has 0 fully saturated rings. The van der Waals surface area contributed by atoms with Crippen LogP contribution < -0.4 is 0 Å². The van der Waals surface area contributed by atoms with Crippen molar-refractivity contribution >= 4 is 17.4 Å². The molecule has 0 unspecified atom stereocenters. The van der Waals surface area contributed by atoms with Crippen LogP contribution in [-0.2, 0) is 0 Å². The molecule has 0 N–H and O–H groups in total. The molecular formula is C12H6ClF9O. The fourth-order valence-electron chi connectivity index (χ4n) is 1.48. The molecule has 0 aliphatic rings. The van der Waals surface area contributed by atoms with Crippen LogP contribution in [0.15, 0.2) is 18.2 Å². The van der Waals surface area contributed by atoms with Gasteiger partial charge in [-0.25, -0.2) is 0 Å². The molecule has 1 aromatic carbocycles. The Kier molecular flexibility index (Phi) is 4.75. The van der Waals surface area contributed by atoms with E-state index in [1.807, 2.05) is 0 Å². The summed E-state index contributed by atoms with van der Waals surface area (Å²) in [5.41, 5.74) is -1.23. The molecule has 1 rings (SSSR count). The van der Waals surface area contributed by atoms with Crippen molar-refractivity contribution in [3.8, 4) is 0 Å². The van der Waals surface area contributed by atoms with Crippen molar-refractivity contribution in [3.63, 3.8) is 0 Å². The number of ketones is 1. The number of alkyl halides is 9. The summed E-state index contributed by atoms with van der Waals surface area (Å²) in [6.45, 7) is 1.18. The molecule has 0 saturated heterocycles. The number of hydrogen-bond donors (Lipinski definition) is 0. The van der Waals surface area contributed by atoms with E-state index in [9.17, 15) is 44.3 Å². The van der Waals surface area contributed by atoms with E-state index in [1.54, 1.807) is 0 Å². The van der Waals surface area contributed by atoms with Crippen LogP contribution in [0.3, 0.4) is 0 Å². The van der Waals surface area contributed by atoms with Gasteiger partial charge in [-0.05, 0) is 30.7 Å². The Labute approximate surface area is 128 Å². The number of aryl methyl sites for hydroxylation is 1. The Balaban J connectivity index is 3.38. The van der Waals surface area contributed by atoms with Gasteiger partial charge >= 0.3 is 23.9 Å². The lowest BCUT2D eigenvalue weighted by molar-refractivity contribution is -0.386. The van der Waals surface area contributed by atoms with E-state index < -0.39 is 35.3 Å². The number of rotatable bonds is 4. The van der Waals surface area contributed by atoms with Crippen molar-refractivity contribution in [2.45, 2.75) is 30.9 Å². The zero-order chi connectivity index (χ0) is 18.4. The maximum absolute atomic E-state index is 13.4. The molecule has 0 heterocycles. The molecule has 0 spiro atoms. The highest BCUT2D eigenvalue weighted by molar-refractivity contribution is 6.31. The van der Waals surface area contributed by atoms with Crippen molar-refractivity contribution in [1.82, 2.24) is 0 Å². The normalized spacial score (nSPS) is 14.0. The van der Waals surface area contributed by atoms with E-state index in [1.165, 1.54) is 6.92 Å². The van der Waals surface area contributed by atoms with Gasteiger partial charge in [-0.1, -0.05) is 11.6 Å². The van der Waals surface area contributed by atoms with E-state index in [4.69, 9.17) is 11.6 Å². The van der Waals surface area contributed by atoms with Crippen LogP contribution in [0.1, 0.15) is 15.9 Å². The minimum atomic E-state index is -7.11. The third kappa shape index (κ3) is 3.00. The number of halogens is 10. The van der Waals surface area contributed by atoms with E-state index in [-0.39, 0.29) is 10.6 Å². The van der Waals surface area contributed by atoms with Crippen LogP contribution in [0.2, 0.25) is 5.02 Å². The molecule has 11 heteroatoms. The molecule has 0 radical (unpaired) electrons. The van der Waals surface area contributed by atoms with Gasteiger partial charge in [0.05, 0.1) is 0 Å². The third-order valence-electron chi connectivity index (χ3n) is 2.85. The highest BCUT2D eigenvalue weighted by atomic mass is 35.5. The fraction of sp³-hybridized carbons (Fsp3) is 0.417. The third-order valence-corrected chi connectivity index (χ3v) is 3.27. The average molecular weight is 373 g/mol. The Bertz CT molecular complexity index is 621. The standard InChI is InChI=1S/C12H6ClF9O/c1-5-4-6(2-3-7(5)13)8(23)9(14,15)10(16,17)11(18,19)12(20,21)22/h2-4H,1H3. The van der Waals surface area contributed by atoms with Gasteiger partial charge in [0.1, 0.15) is 0 Å². The minimum absolute atomic E-state index is 0.0424. The number of Topliss-reactive ketones (excluding diaryl/α,β-unsaturated/α-hetero) is 1. The maximum atomic E-state index is 13.4. The second-order valence-corrected chi connectivity index (χ2v) is 4.92. The van der Waals surface area contributed by atoms with Gasteiger partial charge in [0, 0.05) is 10.6 Å². The average Bonchev–Trinajstić information content (AvgIpc) is 2.39. The largest absolute Gasteiger partial charge is 0.460 e. The first-order valence-corrected chi connectivity index (χ1v) is 5.96. The first-order valence-electron chi connectivity index (χ1n) is 5.58. The maximum Gasteiger partial charge on any atom is 0.460 e. The predicted octanol–water partition coefficient (Wildman–Crippen LogP) is 5.30. The van der Waals surface area contributed by atoms with Gasteiger partial charge in [0.15, 0.2) is 0 Å². The summed E-state index contributed by atoms with van der Waals surface area (Å²) in [6.07, 6.45) is -6.98. The Morgan fingerprint density at radius 1 is 0.913 bits per heavy atom. The molecule has 23 heavy (non-hydrogen) atoms. The van der Waals surface area contributed by atoms with Gasteiger partial charge in [0.25, 0.3) is 0 Å². The van der Waals surface area contributed by atoms with Crippen LogP contribution in [0.4, 0.5) is 39.5 Å². The molecule has 1 aromatic rings. The van der Waals surface area contributed by atoms with E-state index in [0.29, 0.717) is 12.1 Å². The lowest BCUT2D eigenvalue weighted by Crippen LogP contribution is -2.63. The van der Waals surface area contributed by atoms with Crippen molar-refractivity contribution in [2.75, 3.05) is 0 Å². The highest BCUT2D eigenvalue weighted by Gasteiger charge is 2.83. The molecule has 0 aliphatic carbocycles. The van der Waals surface area contributed by atoms with E-state index in [2.05, 4.69) is 0 Å². The SMILES string of the molecule is Cc1cc(C(=O)C(F)(F)C(F)(F)C(F)(F)C(F)(F)F)ccc1Cl. The smallest absolute Gasteiger partial charge is 0.287 e. The monoisotopic (exact) mass is 372 g/mol. The quantitative estimate of drug-likeness (QED) is 0.518. The van der Waals surface area contributed by atoms with Crippen LogP contribution in [0, 0.1) is 6.92 Å². The van der Waals surface area contributed by atoms with E-state index >= 15 is 0 Å². The van der Waals surface area contributed by atoms with Crippen LogP contribution >= 0.6 is 11.6 Å². The summed E-state index contributed by atoms with van der Waals surface area (Å²) in [5.74, 6) is -23.3. The molecular weight excluding hydrogens is 367 g/mol. The first kappa shape index (κ1) is 19.6. The Morgan fingerprint density at radius 3 is 1.78 bits per heavy atom. The zero-order valence-corrected chi connectivity index (χ0v) is 11.7. The second kappa shape index (κ2) is 5.57. The lowest BCUT2D eigenvalue weighted by atomic mass is 9.95. The van der Waals surface area contributed by atoms with Gasteiger partial charge in [-0.3, -0.25) is 4.79 Å². The zero-order valence-electron chi connectivity index (χ0n) is 10.9. The number of carbonyl (C=O) groups is 1. The van der Waals surface area contributed by atoms with Gasteiger partial charge in [0.2, 0.25) is 5.78 Å². The van der Waals surface area contributed by atoms with Crippen molar-refractivity contribution < 1.29 is 44.3 Å². The molecule has 0 amide bonds. The number of benzene rings is 1. The van der Waals surface area contributed by atoms with Crippen molar-refractivity contribution in [2.24, 2.45) is 0 Å². The summed E-state index contributed by atoms with van der Waals surface area (Å²) in [4.78, 5) is 11.4. The van der Waals surface area contributed by atoms with Gasteiger partial charge in [-0.2, -0.15) is 39.5 Å². The van der Waals surface area contributed by atoms with Crippen molar-refractivity contribution in [1.29, 1.82) is 0 Å². The molecule has 0 aromatic heterocycles. The van der Waals surface area contributed by atoms with Crippen LogP contribution in [0.25, 0.3) is 0 Å². The summed E-state index contributed by atoms with van der Waals surface area (Å²) < 4.78 is 114. The highest BCUT2D eigenvalue weighted by Crippen LogP contribution is 2.53. The molecule has 0 bridgehead atoms. The number of carbonyl (C=O) groups excluding carboxylic acids is 1. The van der Waals surface area contributed by atoms with Gasteiger partial charge in [-0.15, -0.1) is 0 Å². The summed E-state index contributed by atoms with van der Waals surface area (Å²) in [5, 5.41) is -0.0581. The summed E-state index contributed by atoms with van der Waals surface area (Å²) in [6, 6.07) is 1.91. The topological polar surface area (TPSA) is 17.1 Å². The van der Waals surface area contributed by atoms with Gasteiger partial charge < -0.3 is 0 Å². The molecule has 130 valence electrons. The van der Waals surface area contributed by atoms with E-state index in [0.717, 1.165) is 6.07 Å². The Morgan fingerprint density at radius 2 is 1.39 bits per heavy atom. The van der Waals surface area contributed by atoms with Crippen molar-refractivity contribution in [3.05, 3.63) is 34.3 Å². The minimum Gasteiger partial charge on any atom is -0.287 e. The predicted molar refractivity (Wildman–Crippen MR) is 61.4 cm³/mol. The summed E-state index contributed by atoms with van der Waals surface area (Å²) >= 11 is 5.51. The summed E-state index contributed by atoms with van der Waals surface area (Å²) in [7, 11) is 0. The lowest BCUT2D eigenvalue weighted by Gasteiger charge is -2.32. The molecule has 1 nitrogen and oxygen atoms in total. The van der Waals surface area contributed by atoms with Crippen LogP contribution in [-0.4, -0.2) is 29.7 Å². The van der Waals surface area contributed by atoms with Crippen LogP contribution in [0.5, 0.6) is 0 Å². The fourth-order valence-corrected chi connectivity index (χ4v) is 1.60. The molecule has 0 atom stereocenters. The molecule has 0 saturated carbocycles. The first-order chi connectivity index (χ1) is 10.1. The Hall–Kier alpha value is -1.45. The molecule has 0 aliphatic heterocycles.